The van der Waals surface area contributed by atoms with Crippen LogP contribution in [0.5, 0.6) is 11.6 Å². The van der Waals surface area contributed by atoms with Gasteiger partial charge in [-0.1, -0.05) is 43.7 Å². The van der Waals surface area contributed by atoms with Crippen molar-refractivity contribution in [3.8, 4) is 22.9 Å². The van der Waals surface area contributed by atoms with Crippen LogP contribution in [0.2, 0.25) is 0 Å². The number of nitrogens with one attached hydrogen (secondary N) is 1. The quantitative estimate of drug-likeness (QED) is 0.211. The van der Waals surface area contributed by atoms with Gasteiger partial charge in [0.2, 0.25) is 11.8 Å². The van der Waals surface area contributed by atoms with Gasteiger partial charge in [-0.2, -0.15) is 4.98 Å². The summed E-state index contributed by atoms with van der Waals surface area (Å²) in [5.74, 6) is 2.51. The Morgan fingerprint density at radius 1 is 0.978 bits per heavy atom. The average Bonchev–Trinajstić information content (AvgIpc) is 3.00. The highest BCUT2D eigenvalue weighted by Gasteiger charge is 2.60. The van der Waals surface area contributed by atoms with Crippen LogP contribution in [0.4, 0.5) is 5.95 Å². The van der Waals surface area contributed by atoms with Crippen LogP contribution in [-0.2, 0) is 15.4 Å². The SMILES string of the molecule is COc1cc(-c2c(C)cccc2C)nc(NS(=O)(=O)c2cccc(C34C(C)C[C@@H]3CCC[C@@H]4c3ncc(OC(C)C)cn3)c2)n1. The number of fused-ring (bicyclic) bond motifs is 1. The van der Waals surface area contributed by atoms with Gasteiger partial charge in [-0.15, -0.1) is 0 Å². The largest absolute Gasteiger partial charge is 0.488 e. The zero-order valence-electron chi connectivity index (χ0n) is 26.7. The van der Waals surface area contributed by atoms with E-state index in [-0.39, 0.29) is 34.2 Å². The molecule has 9 nitrogen and oxygen atoms in total. The number of aryl methyl sites for hydroxylation is 2. The molecule has 0 bridgehead atoms. The van der Waals surface area contributed by atoms with E-state index in [4.69, 9.17) is 19.4 Å². The van der Waals surface area contributed by atoms with Crippen LogP contribution >= 0.6 is 0 Å². The van der Waals surface area contributed by atoms with Crippen molar-refractivity contribution >= 4 is 16.0 Å². The third-order valence-electron chi connectivity index (χ3n) is 9.60. The van der Waals surface area contributed by atoms with E-state index in [1.165, 1.54) is 7.11 Å². The number of sulfonamides is 1. The number of nitrogens with zero attached hydrogens (tertiary/aromatic N) is 4. The Hall–Kier alpha value is -4.05. The minimum absolute atomic E-state index is 0.0374. The lowest BCUT2D eigenvalue weighted by Gasteiger charge is -2.62. The maximum absolute atomic E-state index is 13.9. The van der Waals surface area contributed by atoms with Gasteiger partial charge < -0.3 is 9.47 Å². The van der Waals surface area contributed by atoms with Gasteiger partial charge in [0, 0.05) is 23.0 Å². The molecule has 10 heteroatoms. The summed E-state index contributed by atoms with van der Waals surface area (Å²) in [5, 5.41) is 0. The van der Waals surface area contributed by atoms with Crippen molar-refractivity contribution in [2.24, 2.45) is 11.8 Å². The van der Waals surface area contributed by atoms with Gasteiger partial charge in [-0.05, 0) is 87.6 Å². The Balaban J connectivity index is 1.36. The number of rotatable bonds is 9. The van der Waals surface area contributed by atoms with Gasteiger partial charge in [0.25, 0.3) is 10.0 Å². The zero-order chi connectivity index (χ0) is 31.9. The van der Waals surface area contributed by atoms with Crippen LogP contribution in [0.1, 0.15) is 74.9 Å². The number of ether oxygens (including phenoxy) is 2. The molecule has 2 fully saturated rings. The van der Waals surface area contributed by atoms with E-state index in [0.29, 0.717) is 23.3 Å². The van der Waals surface area contributed by atoms with Crippen molar-refractivity contribution in [2.75, 3.05) is 11.8 Å². The lowest BCUT2D eigenvalue weighted by atomic mass is 9.42. The molecule has 0 saturated heterocycles. The highest BCUT2D eigenvalue weighted by Crippen LogP contribution is 2.65. The minimum atomic E-state index is -4.03. The number of anilines is 1. The summed E-state index contributed by atoms with van der Waals surface area (Å²) in [7, 11) is -2.53. The first kappa shape index (κ1) is 31.0. The summed E-state index contributed by atoms with van der Waals surface area (Å²) >= 11 is 0. The molecule has 2 aliphatic carbocycles. The van der Waals surface area contributed by atoms with Crippen molar-refractivity contribution in [3.63, 3.8) is 0 Å². The Bertz CT molecular complexity index is 1790. The molecule has 4 atom stereocenters. The Morgan fingerprint density at radius 3 is 2.36 bits per heavy atom. The molecule has 1 N–H and O–H groups in total. The summed E-state index contributed by atoms with van der Waals surface area (Å²) in [6.07, 6.45) is 7.78. The van der Waals surface area contributed by atoms with Crippen LogP contribution in [0.15, 0.2) is 65.8 Å². The van der Waals surface area contributed by atoms with E-state index in [9.17, 15) is 8.42 Å². The predicted octanol–water partition coefficient (Wildman–Crippen LogP) is 7.01. The van der Waals surface area contributed by atoms with E-state index in [0.717, 1.165) is 53.8 Å². The predicted molar refractivity (Wildman–Crippen MR) is 174 cm³/mol. The second kappa shape index (κ2) is 12.0. The second-order valence-corrected chi connectivity index (χ2v) is 14.4. The molecule has 2 unspecified atom stereocenters. The van der Waals surface area contributed by atoms with E-state index in [1.54, 1.807) is 24.5 Å². The van der Waals surface area contributed by atoms with Crippen molar-refractivity contribution in [3.05, 3.63) is 83.4 Å². The molecule has 0 spiro atoms. The number of hydrogen-bond donors (Lipinski definition) is 1. The molecule has 4 aromatic rings. The van der Waals surface area contributed by atoms with E-state index < -0.39 is 10.0 Å². The highest BCUT2D eigenvalue weighted by molar-refractivity contribution is 7.92. The van der Waals surface area contributed by atoms with E-state index in [2.05, 4.69) is 27.7 Å². The first-order valence-electron chi connectivity index (χ1n) is 15.6. The fourth-order valence-electron chi connectivity index (χ4n) is 7.79. The number of hydrogen-bond acceptors (Lipinski definition) is 8. The summed E-state index contributed by atoms with van der Waals surface area (Å²) in [4.78, 5) is 18.7. The summed E-state index contributed by atoms with van der Waals surface area (Å²) < 4.78 is 41.7. The molecule has 6 rings (SSSR count). The lowest BCUT2D eigenvalue weighted by molar-refractivity contribution is -0.0254. The average molecular weight is 628 g/mol. The molecule has 2 heterocycles. The maximum atomic E-state index is 13.9. The van der Waals surface area contributed by atoms with Crippen molar-refractivity contribution in [1.82, 2.24) is 19.9 Å². The van der Waals surface area contributed by atoms with E-state index >= 15 is 0 Å². The monoisotopic (exact) mass is 627 g/mol. The molecule has 0 radical (unpaired) electrons. The zero-order valence-corrected chi connectivity index (χ0v) is 27.6. The fourth-order valence-corrected chi connectivity index (χ4v) is 8.78. The molecule has 236 valence electrons. The molecule has 2 aromatic carbocycles. The number of methoxy groups -OCH3 is 1. The highest BCUT2D eigenvalue weighted by atomic mass is 32.2. The Morgan fingerprint density at radius 2 is 1.69 bits per heavy atom. The molecular formula is C35H41N5O4S. The normalized spacial score (nSPS) is 22.8. The first-order chi connectivity index (χ1) is 21.5. The van der Waals surface area contributed by atoms with Crippen molar-refractivity contribution in [1.29, 1.82) is 0 Å². The Kier molecular flexibility index (Phi) is 8.28. The van der Waals surface area contributed by atoms with Crippen molar-refractivity contribution in [2.45, 2.75) is 82.6 Å². The van der Waals surface area contributed by atoms with Crippen LogP contribution in [0.3, 0.4) is 0 Å². The molecule has 45 heavy (non-hydrogen) atoms. The second-order valence-electron chi connectivity index (χ2n) is 12.7. The molecule has 0 aliphatic heterocycles. The van der Waals surface area contributed by atoms with Gasteiger partial charge in [0.05, 0.1) is 36.2 Å². The summed E-state index contributed by atoms with van der Waals surface area (Å²) in [6.45, 7) is 10.2. The molecule has 2 saturated carbocycles. The van der Waals surface area contributed by atoms with E-state index in [1.807, 2.05) is 58.0 Å². The lowest BCUT2D eigenvalue weighted by Crippen LogP contribution is -2.57. The number of benzene rings is 2. The van der Waals surface area contributed by atoms with Crippen LogP contribution in [0, 0.1) is 25.7 Å². The van der Waals surface area contributed by atoms with Gasteiger partial charge in [0.15, 0.2) is 5.75 Å². The van der Waals surface area contributed by atoms with Crippen LogP contribution in [0.25, 0.3) is 11.3 Å². The molecule has 0 amide bonds. The third-order valence-corrected chi connectivity index (χ3v) is 10.9. The topological polar surface area (TPSA) is 116 Å². The Labute approximate surface area is 265 Å². The minimum Gasteiger partial charge on any atom is -0.488 e. The maximum Gasteiger partial charge on any atom is 0.264 e. The molecular weight excluding hydrogens is 586 g/mol. The fraction of sp³-hybridized carbons (Fsp3) is 0.429. The molecule has 2 aliphatic rings. The number of aromatic nitrogens is 4. The summed E-state index contributed by atoms with van der Waals surface area (Å²) in [5.41, 5.74) is 4.30. The van der Waals surface area contributed by atoms with Gasteiger partial charge in [-0.3, -0.25) is 0 Å². The smallest absolute Gasteiger partial charge is 0.264 e. The standard InChI is InChI=1S/C35H41N5O4S/c1-21(2)44-27-19-36-33(37-20-27)29-15-9-13-25-16-24(5)35(25,29)26-12-8-14-28(17-26)45(41,42)40-34-38-30(18-31(39-34)43-6)32-22(3)10-7-11-23(32)4/h7-8,10-12,14,17-21,24-25,29H,9,13,15-16H2,1-6H3,(H,38,39,40)/t24?,25-,29+,35?/m0/s1. The van der Waals surface area contributed by atoms with Gasteiger partial charge >= 0.3 is 0 Å². The van der Waals surface area contributed by atoms with Gasteiger partial charge in [0.1, 0.15) is 5.82 Å². The van der Waals surface area contributed by atoms with Gasteiger partial charge in [-0.25, -0.2) is 28.1 Å². The van der Waals surface area contributed by atoms with Crippen LogP contribution < -0.4 is 14.2 Å². The van der Waals surface area contributed by atoms with Crippen molar-refractivity contribution < 1.29 is 17.9 Å². The van der Waals surface area contributed by atoms with Crippen LogP contribution in [-0.4, -0.2) is 41.6 Å². The summed E-state index contributed by atoms with van der Waals surface area (Å²) in [6, 6.07) is 15.0. The third kappa shape index (κ3) is 5.65. The first-order valence-corrected chi connectivity index (χ1v) is 17.1. The molecule has 2 aromatic heterocycles.